The molecule has 0 atom stereocenters. The molecule has 19 heavy (non-hydrogen) atoms. The molecule has 1 aliphatic heterocycles. The lowest BCUT2D eigenvalue weighted by atomic mass is 10.1. The van der Waals surface area contributed by atoms with E-state index in [4.69, 9.17) is 5.73 Å². The number of rotatable bonds is 1. The van der Waals surface area contributed by atoms with Gasteiger partial charge in [-0.15, -0.1) is 10.2 Å². The Kier molecular flexibility index (Phi) is 2.70. The van der Waals surface area contributed by atoms with Crippen molar-refractivity contribution < 1.29 is 4.79 Å². The highest BCUT2D eigenvalue weighted by Crippen LogP contribution is 2.17. The van der Waals surface area contributed by atoms with E-state index in [1.165, 1.54) is 0 Å². The molecule has 3 rings (SSSR count). The van der Waals surface area contributed by atoms with Gasteiger partial charge in [-0.05, 0) is 24.6 Å². The molecular formula is C13H15N5O. The van der Waals surface area contributed by atoms with Crippen molar-refractivity contribution in [1.29, 1.82) is 0 Å². The largest absolute Gasteiger partial charge is 0.398 e. The van der Waals surface area contributed by atoms with E-state index in [0.29, 0.717) is 24.3 Å². The van der Waals surface area contributed by atoms with Crippen LogP contribution in [0.4, 0.5) is 5.69 Å². The van der Waals surface area contributed by atoms with Crippen molar-refractivity contribution in [3.63, 3.8) is 0 Å². The monoisotopic (exact) mass is 257 g/mol. The molecule has 6 heteroatoms. The van der Waals surface area contributed by atoms with E-state index in [9.17, 15) is 4.79 Å². The van der Waals surface area contributed by atoms with Gasteiger partial charge in [-0.1, -0.05) is 6.07 Å². The minimum Gasteiger partial charge on any atom is -0.398 e. The van der Waals surface area contributed by atoms with E-state index in [0.717, 1.165) is 17.9 Å². The molecule has 0 fully saturated rings. The second kappa shape index (κ2) is 4.38. The van der Waals surface area contributed by atoms with Gasteiger partial charge in [0.1, 0.15) is 6.33 Å². The summed E-state index contributed by atoms with van der Waals surface area (Å²) >= 11 is 0. The average Bonchev–Trinajstić information content (AvgIpc) is 2.88. The topological polar surface area (TPSA) is 77.0 Å². The molecule has 0 bridgehead atoms. The van der Waals surface area contributed by atoms with Gasteiger partial charge in [0, 0.05) is 24.3 Å². The average molecular weight is 257 g/mol. The molecule has 1 amide bonds. The fourth-order valence-electron chi connectivity index (χ4n) is 2.20. The first-order valence-electron chi connectivity index (χ1n) is 6.17. The van der Waals surface area contributed by atoms with Gasteiger partial charge in [0.15, 0.2) is 5.82 Å². The zero-order valence-electron chi connectivity index (χ0n) is 10.7. The van der Waals surface area contributed by atoms with Crippen molar-refractivity contribution in [1.82, 2.24) is 19.7 Å². The van der Waals surface area contributed by atoms with Crippen LogP contribution in [0, 0.1) is 6.92 Å². The van der Waals surface area contributed by atoms with E-state index in [1.54, 1.807) is 17.3 Å². The fraction of sp³-hybridized carbons (Fsp3) is 0.308. The number of hydrogen-bond acceptors (Lipinski definition) is 4. The van der Waals surface area contributed by atoms with Gasteiger partial charge in [-0.25, -0.2) is 0 Å². The fourth-order valence-corrected chi connectivity index (χ4v) is 2.20. The van der Waals surface area contributed by atoms with Gasteiger partial charge in [-0.3, -0.25) is 4.79 Å². The van der Waals surface area contributed by atoms with Gasteiger partial charge in [0.25, 0.3) is 5.91 Å². The predicted octanol–water partition coefficient (Wildman–Crippen LogP) is 0.825. The maximum atomic E-state index is 12.4. The lowest BCUT2D eigenvalue weighted by Crippen LogP contribution is -2.38. The van der Waals surface area contributed by atoms with Crippen molar-refractivity contribution >= 4 is 11.6 Å². The number of aryl methyl sites for hydroxylation is 1. The number of anilines is 1. The lowest BCUT2D eigenvalue weighted by molar-refractivity contribution is 0.0707. The number of carbonyl (C=O) groups excluding carboxylic acids is 1. The highest BCUT2D eigenvalue weighted by atomic mass is 16.2. The van der Waals surface area contributed by atoms with Gasteiger partial charge in [-0.2, -0.15) is 0 Å². The highest BCUT2D eigenvalue weighted by Gasteiger charge is 2.22. The number of nitrogens with two attached hydrogens (primary N) is 1. The third-order valence-corrected chi connectivity index (χ3v) is 3.45. The summed E-state index contributed by atoms with van der Waals surface area (Å²) in [5, 5.41) is 7.86. The summed E-state index contributed by atoms with van der Waals surface area (Å²) in [5.41, 5.74) is 8.10. The normalized spacial score (nSPS) is 14.3. The van der Waals surface area contributed by atoms with E-state index in [2.05, 4.69) is 10.2 Å². The van der Waals surface area contributed by atoms with Crippen LogP contribution in [0.5, 0.6) is 0 Å². The second-order valence-corrected chi connectivity index (χ2v) is 4.74. The van der Waals surface area contributed by atoms with Gasteiger partial charge < -0.3 is 15.2 Å². The molecular weight excluding hydrogens is 242 g/mol. The van der Waals surface area contributed by atoms with Crippen LogP contribution in [0.15, 0.2) is 24.5 Å². The molecule has 0 spiro atoms. The zero-order valence-corrected chi connectivity index (χ0v) is 10.7. The molecule has 1 aromatic carbocycles. The van der Waals surface area contributed by atoms with Crippen LogP contribution >= 0.6 is 0 Å². The molecule has 6 nitrogen and oxygen atoms in total. The molecule has 2 N–H and O–H groups in total. The first-order valence-corrected chi connectivity index (χ1v) is 6.17. The Morgan fingerprint density at radius 1 is 1.37 bits per heavy atom. The molecule has 0 aliphatic carbocycles. The van der Waals surface area contributed by atoms with Crippen molar-refractivity contribution in [2.45, 2.75) is 20.0 Å². The number of nitrogens with zero attached hydrogens (tertiary/aromatic N) is 4. The first-order chi connectivity index (χ1) is 9.15. The number of benzene rings is 1. The summed E-state index contributed by atoms with van der Waals surface area (Å²) in [7, 11) is 0. The van der Waals surface area contributed by atoms with E-state index >= 15 is 0 Å². The summed E-state index contributed by atoms with van der Waals surface area (Å²) in [5.74, 6) is 0.806. The van der Waals surface area contributed by atoms with Crippen molar-refractivity contribution in [2.24, 2.45) is 0 Å². The zero-order chi connectivity index (χ0) is 13.4. The Hall–Kier alpha value is -2.37. The Bertz CT molecular complexity index is 634. The van der Waals surface area contributed by atoms with Crippen LogP contribution in [0.1, 0.15) is 21.7 Å². The van der Waals surface area contributed by atoms with Crippen molar-refractivity contribution in [3.8, 4) is 0 Å². The second-order valence-electron chi connectivity index (χ2n) is 4.74. The van der Waals surface area contributed by atoms with Crippen LogP contribution in [0.25, 0.3) is 0 Å². The summed E-state index contributed by atoms with van der Waals surface area (Å²) in [4.78, 5) is 14.2. The number of carbonyl (C=O) groups is 1. The Morgan fingerprint density at radius 3 is 3.00 bits per heavy atom. The number of fused-ring (bicyclic) bond motifs is 1. The van der Waals surface area contributed by atoms with Gasteiger partial charge in [0.05, 0.1) is 6.54 Å². The Morgan fingerprint density at radius 2 is 2.21 bits per heavy atom. The summed E-state index contributed by atoms with van der Waals surface area (Å²) in [6.07, 6.45) is 1.70. The standard InChI is InChI=1S/C13H15N5O/c1-9-2-3-10(6-11(9)14)13(19)17-4-5-18-8-15-16-12(18)7-17/h2-3,6,8H,4-5,7,14H2,1H3. The van der Waals surface area contributed by atoms with Crippen LogP contribution in [-0.2, 0) is 13.1 Å². The highest BCUT2D eigenvalue weighted by molar-refractivity contribution is 5.95. The molecule has 1 aliphatic rings. The SMILES string of the molecule is Cc1ccc(C(=O)N2CCn3cnnc3C2)cc1N. The maximum Gasteiger partial charge on any atom is 0.254 e. The number of hydrogen-bond donors (Lipinski definition) is 1. The third kappa shape index (κ3) is 2.05. The smallest absolute Gasteiger partial charge is 0.254 e. The van der Waals surface area contributed by atoms with Crippen LogP contribution in [0.2, 0.25) is 0 Å². The van der Waals surface area contributed by atoms with E-state index < -0.39 is 0 Å². The molecule has 1 aromatic heterocycles. The van der Waals surface area contributed by atoms with Gasteiger partial charge in [0.2, 0.25) is 0 Å². The molecule has 0 radical (unpaired) electrons. The molecule has 0 saturated heterocycles. The van der Waals surface area contributed by atoms with Crippen LogP contribution < -0.4 is 5.73 Å². The molecule has 0 unspecified atom stereocenters. The third-order valence-electron chi connectivity index (χ3n) is 3.45. The summed E-state index contributed by atoms with van der Waals surface area (Å²) < 4.78 is 1.97. The minimum atomic E-state index is -0.0130. The van der Waals surface area contributed by atoms with E-state index in [-0.39, 0.29) is 5.91 Å². The van der Waals surface area contributed by atoms with E-state index in [1.807, 2.05) is 23.6 Å². The summed E-state index contributed by atoms with van der Waals surface area (Å²) in [6, 6.07) is 5.42. The molecule has 0 saturated carbocycles. The Balaban J connectivity index is 1.83. The number of nitrogen functional groups attached to an aromatic ring is 1. The lowest BCUT2D eigenvalue weighted by Gasteiger charge is -2.27. The molecule has 98 valence electrons. The summed E-state index contributed by atoms with van der Waals surface area (Å²) in [6.45, 7) is 3.81. The number of amides is 1. The number of aromatic nitrogens is 3. The van der Waals surface area contributed by atoms with Gasteiger partial charge >= 0.3 is 0 Å². The van der Waals surface area contributed by atoms with Crippen molar-refractivity contribution in [2.75, 3.05) is 12.3 Å². The minimum absolute atomic E-state index is 0.0130. The van der Waals surface area contributed by atoms with Crippen LogP contribution in [-0.4, -0.2) is 32.1 Å². The predicted molar refractivity (Wildman–Crippen MR) is 70.4 cm³/mol. The van der Waals surface area contributed by atoms with Crippen LogP contribution in [0.3, 0.4) is 0 Å². The van der Waals surface area contributed by atoms with Crippen molar-refractivity contribution in [3.05, 3.63) is 41.5 Å². The molecule has 2 aromatic rings. The first kappa shape index (κ1) is 11.7. The Labute approximate surface area is 110 Å². The quantitative estimate of drug-likeness (QED) is 0.767. The molecule has 2 heterocycles. The maximum absolute atomic E-state index is 12.4.